The Hall–Kier alpha value is -2.07. The quantitative estimate of drug-likeness (QED) is 0.808. The summed E-state index contributed by atoms with van der Waals surface area (Å²) in [6.45, 7) is 5.25. The van der Waals surface area contributed by atoms with Crippen LogP contribution in [0.3, 0.4) is 0 Å². The molecule has 0 bridgehead atoms. The Morgan fingerprint density at radius 2 is 2.14 bits per heavy atom. The Bertz CT molecular complexity index is 930. The molecule has 0 aliphatic heterocycles. The number of aryl methyl sites for hydroxylation is 2. The van der Waals surface area contributed by atoms with Crippen LogP contribution >= 0.6 is 0 Å². The second kappa shape index (κ2) is 6.48. The maximum absolute atomic E-state index is 11.3. The fourth-order valence-electron chi connectivity index (χ4n) is 6.49. The van der Waals surface area contributed by atoms with Gasteiger partial charge in [-0.2, -0.15) is 5.10 Å². The van der Waals surface area contributed by atoms with E-state index in [1.54, 1.807) is 0 Å². The zero-order valence-electron chi connectivity index (χ0n) is 16.8. The minimum absolute atomic E-state index is 0.0293. The first-order valence-electron chi connectivity index (χ1n) is 10.7. The first-order chi connectivity index (χ1) is 13.5. The number of hydrogen-bond acceptors (Lipinski definition) is 3. The molecule has 0 radical (unpaired) electrons. The number of hydrogen-bond donors (Lipinski definition) is 2. The minimum atomic E-state index is -0.361. The van der Waals surface area contributed by atoms with Gasteiger partial charge in [0, 0.05) is 18.2 Å². The van der Waals surface area contributed by atoms with E-state index < -0.39 is 0 Å². The molecule has 0 saturated heterocycles. The molecule has 1 aromatic carbocycles. The summed E-state index contributed by atoms with van der Waals surface area (Å²) in [5.74, 6) is 2.09. The molecule has 148 valence electrons. The van der Waals surface area contributed by atoms with E-state index in [2.05, 4.69) is 31.1 Å². The molecule has 0 spiro atoms. The number of aliphatic hydroxyl groups excluding tert-OH is 1. The Morgan fingerprint density at radius 3 is 2.96 bits per heavy atom. The molecule has 5 unspecified atom stereocenters. The summed E-state index contributed by atoms with van der Waals surface area (Å²) in [6, 6.07) is 7.99. The van der Waals surface area contributed by atoms with E-state index in [0.717, 1.165) is 44.3 Å². The largest absolute Gasteiger partial charge is 0.508 e. The summed E-state index contributed by atoms with van der Waals surface area (Å²) in [4.78, 5) is 0. The number of benzene rings is 1. The highest BCUT2D eigenvalue weighted by Gasteiger charge is 2.56. The Morgan fingerprint density at radius 1 is 1.29 bits per heavy atom. The Balaban J connectivity index is 1.48. The van der Waals surface area contributed by atoms with Crippen molar-refractivity contribution in [3.8, 4) is 5.75 Å². The van der Waals surface area contributed by atoms with Gasteiger partial charge in [-0.05, 0) is 97.8 Å². The van der Waals surface area contributed by atoms with Crippen LogP contribution in [0.4, 0.5) is 0 Å². The Labute approximate surface area is 166 Å². The topological polar surface area (TPSA) is 58.3 Å². The molecule has 28 heavy (non-hydrogen) atoms. The van der Waals surface area contributed by atoms with Crippen LogP contribution in [0.25, 0.3) is 6.08 Å². The molecule has 3 aliphatic rings. The third kappa shape index (κ3) is 2.57. The summed E-state index contributed by atoms with van der Waals surface area (Å²) in [7, 11) is 0. The van der Waals surface area contributed by atoms with E-state index in [-0.39, 0.29) is 11.5 Å². The van der Waals surface area contributed by atoms with Crippen molar-refractivity contribution < 1.29 is 10.2 Å². The second-order valence-corrected chi connectivity index (χ2v) is 9.24. The average Bonchev–Trinajstić information content (AvgIpc) is 3.24. The predicted octanol–water partition coefficient (Wildman–Crippen LogP) is 4.52. The molecule has 4 nitrogen and oxygen atoms in total. The molecule has 5 rings (SSSR count). The monoisotopic (exact) mass is 378 g/mol. The van der Waals surface area contributed by atoms with Crippen molar-refractivity contribution in [2.45, 2.75) is 64.5 Å². The highest BCUT2D eigenvalue weighted by atomic mass is 16.3. The van der Waals surface area contributed by atoms with E-state index in [9.17, 15) is 10.2 Å². The molecule has 2 N–H and O–H groups in total. The lowest BCUT2D eigenvalue weighted by Gasteiger charge is -2.49. The van der Waals surface area contributed by atoms with Crippen LogP contribution < -0.4 is 0 Å². The fraction of sp³-hybridized carbons (Fsp3) is 0.542. The molecular weight excluding hydrogens is 348 g/mol. The maximum atomic E-state index is 11.3. The fourth-order valence-corrected chi connectivity index (χ4v) is 6.49. The van der Waals surface area contributed by atoms with Crippen LogP contribution in [0, 0.1) is 17.3 Å². The van der Waals surface area contributed by atoms with Gasteiger partial charge in [-0.15, -0.1) is 0 Å². The van der Waals surface area contributed by atoms with Crippen molar-refractivity contribution >= 4 is 6.08 Å². The van der Waals surface area contributed by atoms with Crippen molar-refractivity contribution in [3.05, 3.63) is 52.9 Å². The molecule has 2 fully saturated rings. The van der Waals surface area contributed by atoms with Gasteiger partial charge in [-0.25, -0.2) is 0 Å². The first-order valence-corrected chi connectivity index (χ1v) is 10.7. The number of phenolic OH excluding ortho intramolecular Hbond substituents is 1. The van der Waals surface area contributed by atoms with Gasteiger partial charge >= 0.3 is 0 Å². The highest BCUT2D eigenvalue weighted by molar-refractivity contribution is 5.53. The average molecular weight is 379 g/mol. The number of fused-ring (bicyclic) bond motifs is 5. The number of phenols is 1. The van der Waals surface area contributed by atoms with Gasteiger partial charge in [0.15, 0.2) is 0 Å². The highest BCUT2D eigenvalue weighted by Crippen LogP contribution is 2.62. The maximum Gasteiger partial charge on any atom is 0.115 e. The lowest BCUT2D eigenvalue weighted by Crippen LogP contribution is -2.44. The lowest BCUT2D eigenvalue weighted by molar-refractivity contribution is -0.0158. The molecule has 3 aliphatic carbocycles. The van der Waals surface area contributed by atoms with Crippen molar-refractivity contribution in [3.63, 3.8) is 0 Å². The van der Waals surface area contributed by atoms with Crippen LogP contribution in [0.15, 0.2) is 36.0 Å². The van der Waals surface area contributed by atoms with E-state index in [1.165, 1.54) is 16.7 Å². The smallest absolute Gasteiger partial charge is 0.115 e. The van der Waals surface area contributed by atoms with Crippen molar-refractivity contribution in [1.82, 2.24) is 9.78 Å². The summed E-state index contributed by atoms with van der Waals surface area (Å²) in [5.41, 5.74) is 5.01. The molecule has 2 aromatic rings. The van der Waals surface area contributed by atoms with Crippen LogP contribution in [-0.4, -0.2) is 26.1 Å². The predicted molar refractivity (Wildman–Crippen MR) is 110 cm³/mol. The third-order valence-corrected chi connectivity index (χ3v) is 7.96. The van der Waals surface area contributed by atoms with E-state index in [1.807, 2.05) is 29.1 Å². The van der Waals surface area contributed by atoms with E-state index in [4.69, 9.17) is 0 Å². The summed E-state index contributed by atoms with van der Waals surface area (Å²) in [6.07, 6.45) is 9.05. The van der Waals surface area contributed by atoms with Crippen molar-refractivity contribution in [2.75, 3.05) is 0 Å². The van der Waals surface area contributed by atoms with Crippen LogP contribution in [0.2, 0.25) is 0 Å². The summed E-state index contributed by atoms with van der Waals surface area (Å²) < 4.78 is 2.00. The Kier molecular flexibility index (Phi) is 4.16. The molecule has 4 heteroatoms. The SMILES string of the molecule is CCn1nccc1C=C1CC2C3CCc4cc(O)ccc4C3CCC2(C)C1O. The number of aromatic hydroxyl groups is 1. The number of rotatable bonds is 2. The van der Waals surface area contributed by atoms with E-state index >= 15 is 0 Å². The molecule has 2 saturated carbocycles. The zero-order chi connectivity index (χ0) is 19.5. The van der Waals surface area contributed by atoms with E-state index in [0.29, 0.717) is 23.5 Å². The van der Waals surface area contributed by atoms with Crippen LogP contribution in [0.5, 0.6) is 5.75 Å². The number of aromatic nitrogens is 2. The van der Waals surface area contributed by atoms with Gasteiger partial charge in [0.2, 0.25) is 0 Å². The van der Waals surface area contributed by atoms with Gasteiger partial charge in [-0.1, -0.05) is 13.0 Å². The summed E-state index contributed by atoms with van der Waals surface area (Å²) >= 11 is 0. The van der Waals surface area contributed by atoms with Crippen LogP contribution in [-0.2, 0) is 13.0 Å². The van der Waals surface area contributed by atoms with Gasteiger partial charge < -0.3 is 10.2 Å². The zero-order valence-corrected chi connectivity index (χ0v) is 16.8. The molecule has 0 amide bonds. The molecular formula is C24H30N2O2. The third-order valence-electron chi connectivity index (χ3n) is 7.96. The normalized spacial score (nSPS) is 35.5. The summed E-state index contributed by atoms with van der Waals surface area (Å²) in [5, 5.41) is 25.5. The van der Waals surface area contributed by atoms with Crippen molar-refractivity contribution in [1.29, 1.82) is 0 Å². The standard InChI is InChI=1S/C24H30N2O2/c1-3-26-17(9-11-25-26)12-16-14-22-21-6-4-15-13-18(27)5-7-19(15)20(21)8-10-24(22,2)23(16)28/h5,7,9,11-13,20-23,27-28H,3-4,6,8,10,14H2,1-2H3. The van der Waals surface area contributed by atoms with Gasteiger partial charge in [-0.3, -0.25) is 4.68 Å². The van der Waals surface area contributed by atoms with Gasteiger partial charge in [0.25, 0.3) is 0 Å². The van der Waals surface area contributed by atoms with Gasteiger partial charge in [0.1, 0.15) is 5.75 Å². The molecule has 1 heterocycles. The van der Waals surface area contributed by atoms with Crippen LogP contribution in [0.1, 0.15) is 62.3 Å². The number of aliphatic hydroxyl groups is 1. The van der Waals surface area contributed by atoms with Gasteiger partial charge in [0.05, 0.1) is 11.8 Å². The minimum Gasteiger partial charge on any atom is -0.508 e. The molecule has 5 atom stereocenters. The number of nitrogens with zero attached hydrogens (tertiary/aromatic N) is 2. The lowest BCUT2D eigenvalue weighted by atomic mass is 9.55. The first kappa shape index (κ1) is 18.0. The second-order valence-electron chi connectivity index (χ2n) is 9.24. The molecule has 1 aromatic heterocycles. The van der Waals surface area contributed by atoms with Crippen molar-refractivity contribution in [2.24, 2.45) is 17.3 Å².